The van der Waals surface area contributed by atoms with Crippen molar-refractivity contribution < 1.29 is 9.53 Å². The molecule has 0 saturated heterocycles. The van der Waals surface area contributed by atoms with E-state index in [0.29, 0.717) is 22.6 Å². The molecule has 8 heteroatoms. The van der Waals surface area contributed by atoms with Crippen LogP contribution in [0.5, 0.6) is 5.75 Å². The van der Waals surface area contributed by atoms with E-state index >= 15 is 0 Å². The number of pyridine rings is 1. The molecule has 3 N–H and O–H groups in total. The number of rotatable bonds is 1. The molecule has 1 amide bonds. The minimum Gasteiger partial charge on any atom is -0.476 e. The van der Waals surface area contributed by atoms with Gasteiger partial charge in [-0.3, -0.25) is 9.59 Å². The number of hydrogen-bond acceptors (Lipinski definition) is 6. The lowest BCUT2D eigenvalue weighted by atomic mass is 10.0. The molecule has 1 aromatic carbocycles. The highest BCUT2D eigenvalue weighted by Gasteiger charge is 2.35. The number of hydrogen-bond donors (Lipinski definition) is 2. The number of aromatic nitrogens is 3. The van der Waals surface area contributed by atoms with Crippen LogP contribution in [0.4, 0.5) is 11.5 Å². The number of carbonyl (C=O) groups excluding carboxylic acids is 1. The van der Waals surface area contributed by atoms with Crippen LogP contribution >= 0.6 is 0 Å². The highest BCUT2D eigenvalue weighted by molar-refractivity contribution is 6.01. The average molecular weight is 351 g/mol. The Kier molecular flexibility index (Phi) is 3.27. The maximum atomic E-state index is 12.2. The molecule has 8 nitrogen and oxygen atoms in total. The van der Waals surface area contributed by atoms with E-state index in [2.05, 4.69) is 15.3 Å². The van der Waals surface area contributed by atoms with Gasteiger partial charge < -0.3 is 20.4 Å². The van der Waals surface area contributed by atoms with Gasteiger partial charge in [-0.2, -0.15) is 0 Å². The molecule has 1 aliphatic heterocycles. The van der Waals surface area contributed by atoms with Crippen molar-refractivity contribution in [2.45, 2.75) is 19.4 Å². The molecule has 4 rings (SSSR count). The van der Waals surface area contributed by atoms with E-state index in [0.717, 1.165) is 5.56 Å². The smallest absolute Gasteiger partial charge is 0.268 e. The van der Waals surface area contributed by atoms with E-state index in [9.17, 15) is 9.59 Å². The quantitative estimate of drug-likeness (QED) is 0.690. The number of anilines is 2. The zero-order valence-electron chi connectivity index (χ0n) is 14.5. The standard InChI is InChI=1S/C18H17N5O3/c1-18(2)17(25)22-11-6-9(4-5-13(11)26-18)10-7-12-14(15(19)21-10)16(24)23(3)8-20-12/h4-8H,1-3H3,(H2,19,21)(H,22,25). The Balaban J connectivity index is 1.84. The monoisotopic (exact) mass is 351 g/mol. The van der Waals surface area contributed by atoms with Gasteiger partial charge in [0, 0.05) is 12.6 Å². The first-order valence-corrected chi connectivity index (χ1v) is 8.03. The van der Waals surface area contributed by atoms with Crippen LogP contribution < -0.4 is 21.3 Å². The fourth-order valence-electron chi connectivity index (χ4n) is 2.87. The summed E-state index contributed by atoms with van der Waals surface area (Å²) in [4.78, 5) is 32.9. The van der Waals surface area contributed by atoms with Crippen molar-refractivity contribution in [3.63, 3.8) is 0 Å². The lowest BCUT2D eigenvalue weighted by molar-refractivity contribution is -0.129. The summed E-state index contributed by atoms with van der Waals surface area (Å²) in [5.41, 5.74) is 7.13. The zero-order valence-corrected chi connectivity index (χ0v) is 14.5. The number of ether oxygens (including phenoxy) is 1. The molecule has 0 atom stereocenters. The second kappa shape index (κ2) is 5.29. The molecule has 3 aromatic rings. The second-order valence-corrected chi connectivity index (χ2v) is 6.72. The van der Waals surface area contributed by atoms with Crippen molar-refractivity contribution in [3.05, 3.63) is 40.9 Å². The number of fused-ring (bicyclic) bond motifs is 2. The van der Waals surface area contributed by atoms with Gasteiger partial charge in [0.25, 0.3) is 11.5 Å². The van der Waals surface area contributed by atoms with E-state index in [-0.39, 0.29) is 22.7 Å². The van der Waals surface area contributed by atoms with Crippen molar-refractivity contribution in [2.24, 2.45) is 7.05 Å². The van der Waals surface area contributed by atoms with Gasteiger partial charge in [0.15, 0.2) is 5.60 Å². The highest BCUT2D eigenvalue weighted by atomic mass is 16.5. The van der Waals surface area contributed by atoms with Crippen LogP contribution in [-0.4, -0.2) is 26.0 Å². The van der Waals surface area contributed by atoms with Gasteiger partial charge >= 0.3 is 0 Å². The first kappa shape index (κ1) is 16.1. The molecular formula is C18H17N5O3. The number of aryl methyl sites for hydroxylation is 1. The van der Waals surface area contributed by atoms with Crippen molar-refractivity contribution in [2.75, 3.05) is 11.1 Å². The van der Waals surface area contributed by atoms with Gasteiger partial charge in [-0.15, -0.1) is 0 Å². The molecule has 0 spiro atoms. The maximum absolute atomic E-state index is 12.2. The lowest BCUT2D eigenvalue weighted by Gasteiger charge is -2.31. The number of carbonyl (C=O) groups is 1. The van der Waals surface area contributed by atoms with Crippen molar-refractivity contribution in [1.29, 1.82) is 0 Å². The summed E-state index contributed by atoms with van der Waals surface area (Å²) in [7, 11) is 1.61. The van der Waals surface area contributed by atoms with Crippen molar-refractivity contribution in [1.82, 2.24) is 14.5 Å². The number of nitrogen functional groups attached to an aromatic ring is 1. The van der Waals surface area contributed by atoms with E-state index in [4.69, 9.17) is 10.5 Å². The van der Waals surface area contributed by atoms with Crippen LogP contribution in [-0.2, 0) is 11.8 Å². The number of amides is 1. The third-order valence-corrected chi connectivity index (χ3v) is 4.37. The van der Waals surface area contributed by atoms with Gasteiger partial charge in [-0.05, 0) is 38.1 Å². The van der Waals surface area contributed by atoms with Crippen LogP contribution in [0.2, 0.25) is 0 Å². The molecule has 0 aliphatic carbocycles. The highest BCUT2D eigenvalue weighted by Crippen LogP contribution is 2.36. The second-order valence-electron chi connectivity index (χ2n) is 6.72. The van der Waals surface area contributed by atoms with Crippen LogP contribution in [0.3, 0.4) is 0 Å². The van der Waals surface area contributed by atoms with Gasteiger partial charge in [-0.25, -0.2) is 9.97 Å². The van der Waals surface area contributed by atoms with Crippen molar-refractivity contribution >= 4 is 28.3 Å². The molecular weight excluding hydrogens is 334 g/mol. The normalized spacial score (nSPS) is 15.3. The largest absolute Gasteiger partial charge is 0.476 e. The number of nitrogens with zero attached hydrogens (tertiary/aromatic N) is 3. The first-order valence-electron chi connectivity index (χ1n) is 8.03. The fourth-order valence-corrected chi connectivity index (χ4v) is 2.87. The summed E-state index contributed by atoms with van der Waals surface area (Å²) < 4.78 is 7.09. The molecule has 0 fully saturated rings. The topological polar surface area (TPSA) is 112 Å². The average Bonchev–Trinajstić information content (AvgIpc) is 2.58. The Labute approximate surface area is 148 Å². The Morgan fingerprint density at radius 1 is 1.23 bits per heavy atom. The maximum Gasteiger partial charge on any atom is 0.268 e. The summed E-state index contributed by atoms with van der Waals surface area (Å²) in [6, 6.07) is 7.05. The fraction of sp³-hybridized carbons (Fsp3) is 0.222. The molecule has 0 unspecified atom stereocenters. The predicted octanol–water partition coefficient (Wildman–Crippen LogP) is 1.69. The SMILES string of the molecule is Cn1cnc2cc(-c3ccc4c(c3)NC(=O)C(C)(C)O4)nc(N)c2c1=O. The van der Waals surface area contributed by atoms with Gasteiger partial charge in [0.2, 0.25) is 0 Å². The van der Waals surface area contributed by atoms with Gasteiger partial charge in [0.1, 0.15) is 17.0 Å². The first-order chi connectivity index (χ1) is 12.3. The molecule has 0 saturated carbocycles. The van der Waals surface area contributed by atoms with Gasteiger partial charge in [-0.1, -0.05) is 0 Å². The summed E-state index contributed by atoms with van der Waals surface area (Å²) in [6.07, 6.45) is 1.44. The van der Waals surface area contributed by atoms with Crippen molar-refractivity contribution in [3.8, 4) is 17.0 Å². The van der Waals surface area contributed by atoms with Crippen LogP contribution in [0.25, 0.3) is 22.2 Å². The Morgan fingerprint density at radius 3 is 2.77 bits per heavy atom. The number of nitrogens with two attached hydrogens (primary N) is 1. The Bertz CT molecular complexity index is 1130. The number of benzene rings is 1. The molecule has 0 bridgehead atoms. The minimum absolute atomic E-state index is 0.116. The summed E-state index contributed by atoms with van der Waals surface area (Å²) in [5, 5.41) is 3.12. The molecule has 1 aliphatic rings. The van der Waals surface area contributed by atoms with E-state index in [1.807, 2.05) is 6.07 Å². The molecule has 2 aromatic heterocycles. The third-order valence-electron chi connectivity index (χ3n) is 4.37. The Hall–Kier alpha value is -3.42. The molecule has 3 heterocycles. The molecule has 0 radical (unpaired) electrons. The Morgan fingerprint density at radius 2 is 2.00 bits per heavy atom. The molecule has 132 valence electrons. The van der Waals surface area contributed by atoms with E-state index in [1.54, 1.807) is 39.1 Å². The third kappa shape index (κ3) is 2.38. The van der Waals surface area contributed by atoms with Crippen LogP contribution in [0, 0.1) is 0 Å². The van der Waals surface area contributed by atoms with Gasteiger partial charge in [0.05, 0.1) is 23.2 Å². The van der Waals surface area contributed by atoms with Crippen LogP contribution in [0.1, 0.15) is 13.8 Å². The molecule has 26 heavy (non-hydrogen) atoms. The van der Waals surface area contributed by atoms with E-state index < -0.39 is 5.60 Å². The van der Waals surface area contributed by atoms with Crippen LogP contribution in [0.15, 0.2) is 35.4 Å². The summed E-state index contributed by atoms with van der Waals surface area (Å²) >= 11 is 0. The summed E-state index contributed by atoms with van der Waals surface area (Å²) in [6.45, 7) is 3.41. The number of nitrogens with one attached hydrogen (secondary N) is 1. The zero-order chi connectivity index (χ0) is 18.6. The van der Waals surface area contributed by atoms with E-state index in [1.165, 1.54) is 10.9 Å². The minimum atomic E-state index is -0.926. The predicted molar refractivity (Wildman–Crippen MR) is 98.0 cm³/mol. The summed E-state index contributed by atoms with van der Waals surface area (Å²) in [5.74, 6) is 0.475. The lowest BCUT2D eigenvalue weighted by Crippen LogP contribution is -2.45.